The van der Waals surface area contributed by atoms with Crippen molar-refractivity contribution in [2.75, 3.05) is 13.1 Å². The van der Waals surface area contributed by atoms with Crippen molar-refractivity contribution in [1.82, 2.24) is 5.32 Å². The molecule has 0 aromatic rings. The molecule has 3 nitrogen and oxygen atoms in total. The summed E-state index contributed by atoms with van der Waals surface area (Å²) in [6.07, 6.45) is 26.4. The zero-order valence-electron chi connectivity index (χ0n) is 18.4. The van der Waals surface area contributed by atoms with Crippen molar-refractivity contribution in [3.8, 4) is 0 Å². The van der Waals surface area contributed by atoms with Gasteiger partial charge in [-0.3, -0.25) is 4.79 Å². The van der Waals surface area contributed by atoms with E-state index >= 15 is 0 Å². The van der Waals surface area contributed by atoms with Crippen LogP contribution in [0.25, 0.3) is 0 Å². The fourth-order valence-corrected chi connectivity index (χ4v) is 3.64. The predicted octanol–water partition coefficient (Wildman–Crippen LogP) is 7.48. The van der Waals surface area contributed by atoms with Crippen LogP contribution in [0.5, 0.6) is 0 Å². The maximum atomic E-state index is 10.4. The van der Waals surface area contributed by atoms with Crippen LogP contribution in [0.3, 0.4) is 0 Å². The maximum absolute atomic E-state index is 10.4. The Bertz CT molecular complexity index is 294. The molecule has 0 aliphatic carbocycles. The summed E-state index contributed by atoms with van der Waals surface area (Å²) < 4.78 is 0. The summed E-state index contributed by atoms with van der Waals surface area (Å²) in [6, 6.07) is 0. The average Bonchev–Trinajstić information content (AvgIpc) is 2.65. The lowest BCUT2D eigenvalue weighted by Gasteiger charge is -2.05. The first kappa shape index (κ1) is 26.4. The Morgan fingerprint density at radius 3 is 1.26 bits per heavy atom. The highest BCUT2D eigenvalue weighted by molar-refractivity contribution is 5.66. The SMILES string of the molecule is CCCCCCCCCCCCCCCCCCCCNCCCC(=O)O. The molecule has 27 heavy (non-hydrogen) atoms. The third-order valence-electron chi connectivity index (χ3n) is 5.45. The third-order valence-corrected chi connectivity index (χ3v) is 5.45. The molecule has 162 valence electrons. The molecule has 2 N–H and O–H groups in total. The Morgan fingerprint density at radius 2 is 0.889 bits per heavy atom. The zero-order chi connectivity index (χ0) is 19.8. The average molecular weight is 384 g/mol. The van der Waals surface area contributed by atoms with Crippen LogP contribution < -0.4 is 5.32 Å². The quantitative estimate of drug-likeness (QED) is 0.180. The van der Waals surface area contributed by atoms with E-state index in [1.165, 1.54) is 116 Å². The van der Waals surface area contributed by atoms with Crippen LogP contribution in [0, 0.1) is 0 Å². The molecule has 0 rings (SSSR count). The van der Waals surface area contributed by atoms with Crippen molar-refractivity contribution in [3.63, 3.8) is 0 Å². The van der Waals surface area contributed by atoms with Gasteiger partial charge in [0, 0.05) is 6.42 Å². The van der Waals surface area contributed by atoms with Crippen molar-refractivity contribution in [2.45, 2.75) is 135 Å². The Labute approximate surface area is 170 Å². The summed E-state index contributed by atoms with van der Waals surface area (Å²) in [5.41, 5.74) is 0. The van der Waals surface area contributed by atoms with Gasteiger partial charge in [0.05, 0.1) is 0 Å². The Kier molecular flexibility index (Phi) is 23.0. The predicted molar refractivity (Wildman–Crippen MR) is 119 cm³/mol. The standard InChI is InChI=1S/C24H49NO2/c1-2-3-4-5-6-7-8-9-10-11-12-13-14-15-16-17-18-19-22-25-23-20-21-24(26)27/h25H,2-23H2,1H3,(H,26,27). The van der Waals surface area contributed by atoms with Crippen LogP contribution in [0.15, 0.2) is 0 Å². The molecule has 3 heteroatoms. The van der Waals surface area contributed by atoms with Crippen LogP contribution in [-0.2, 0) is 4.79 Å². The molecular formula is C24H49NO2. The van der Waals surface area contributed by atoms with E-state index in [4.69, 9.17) is 5.11 Å². The molecule has 0 fully saturated rings. The van der Waals surface area contributed by atoms with Crippen LogP contribution in [-0.4, -0.2) is 24.2 Å². The van der Waals surface area contributed by atoms with E-state index < -0.39 is 5.97 Å². The van der Waals surface area contributed by atoms with Gasteiger partial charge in [0.15, 0.2) is 0 Å². The van der Waals surface area contributed by atoms with E-state index in [1.807, 2.05) is 0 Å². The van der Waals surface area contributed by atoms with Gasteiger partial charge in [-0.05, 0) is 25.9 Å². The molecular weight excluding hydrogens is 334 g/mol. The van der Waals surface area contributed by atoms with Gasteiger partial charge in [0.1, 0.15) is 0 Å². The smallest absolute Gasteiger partial charge is 0.303 e. The molecule has 0 spiro atoms. The molecule has 0 aliphatic heterocycles. The van der Waals surface area contributed by atoms with E-state index in [2.05, 4.69) is 12.2 Å². The van der Waals surface area contributed by atoms with Crippen molar-refractivity contribution in [2.24, 2.45) is 0 Å². The number of rotatable bonds is 23. The molecule has 0 bridgehead atoms. The number of carboxylic acids is 1. The van der Waals surface area contributed by atoms with Crippen LogP contribution in [0.2, 0.25) is 0 Å². The molecule has 0 atom stereocenters. The van der Waals surface area contributed by atoms with Gasteiger partial charge in [-0.25, -0.2) is 0 Å². The number of carbonyl (C=O) groups is 1. The van der Waals surface area contributed by atoms with Gasteiger partial charge in [-0.15, -0.1) is 0 Å². The van der Waals surface area contributed by atoms with Gasteiger partial charge in [0.25, 0.3) is 0 Å². The molecule has 0 radical (unpaired) electrons. The first-order valence-corrected chi connectivity index (χ1v) is 12.2. The van der Waals surface area contributed by atoms with Crippen LogP contribution in [0.1, 0.15) is 135 Å². The van der Waals surface area contributed by atoms with Crippen molar-refractivity contribution < 1.29 is 9.90 Å². The molecule has 0 amide bonds. The number of unbranched alkanes of at least 4 members (excludes halogenated alkanes) is 17. The Hall–Kier alpha value is -0.570. The summed E-state index contributed by atoms with van der Waals surface area (Å²) in [5, 5.41) is 11.9. The minimum atomic E-state index is -0.690. The second kappa shape index (κ2) is 23.5. The lowest BCUT2D eigenvalue weighted by molar-refractivity contribution is -0.137. The summed E-state index contributed by atoms with van der Waals surface area (Å²) in [5.74, 6) is -0.690. The minimum absolute atomic E-state index is 0.284. The summed E-state index contributed by atoms with van der Waals surface area (Å²) in [4.78, 5) is 10.4. The fourth-order valence-electron chi connectivity index (χ4n) is 3.64. The van der Waals surface area contributed by atoms with Crippen molar-refractivity contribution in [1.29, 1.82) is 0 Å². The number of hydrogen-bond donors (Lipinski definition) is 2. The third kappa shape index (κ3) is 25.4. The first-order valence-electron chi connectivity index (χ1n) is 12.2. The van der Waals surface area contributed by atoms with Gasteiger partial charge in [-0.2, -0.15) is 0 Å². The largest absolute Gasteiger partial charge is 0.481 e. The normalized spacial score (nSPS) is 11.1. The fraction of sp³-hybridized carbons (Fsp3) is 0.958. The molecule has 0 saturated carbocycles. The second-order valence-corrected chi connectivity index (χ2v) is 8.26. The van der Waals surface area contributed by atoms with E-state index in [-0.39, 0.29) is 6.42 Å². The molecule has 0 unspecified atom stereocenters. The Balaban J connectivity index is 2.98. The van der Waals surface area contributed by atoms with Crippen molar-refractivity contribution >= 4 is 5.97 Å². The first-order chi connectivity index (χ1) is 13.3. The van der Waals surface area contributed by atoms with E-state index in [0.717, 1.165) is 19.5 Å². The summed E-state index contributed by atoms with van der Waals surface area (Å²) >= 11 is 0. The Morgan fingerprint density at radius 1 is 0.556 bits per heavy atom. The summed E-state index contributed by atoms with van der Waals surface area (Å²) in [6.45, 7) is 4.17. The second-order valence-electron chi connectivity index (χ2n) is 8.26. The monoisotopic (exact) mass is 383 g/mol. The number of aliphatic carboxylic acids is 1. The highest BCUT2D eigenvalue weighted by atomic mass is 16.4. The van der Waals surface area contributed by atoms with E-state index in [0.29, 0.717) is 0 Å². The van der Waals surface area contributed by atoms with Crippen molar-refractivity contribution in [3.05, 3.63) is 0 Å². The molecule has 0 aliphatic rings. The maximum Gasteiger partial charge on any atom is 0.303 e. The zero-order valence-corrected chi connectivity index (χ0v) is 18.4. The van der Waals surface area contributed by atoms with Crippen LogP contribution in [0.4, 0.5) is 0 Å². The summed E-state index contributed by atoms with van der Waals surface area (Å²) in [7, 11) is 0. The highest BCUT2D eigenvalue weighted by Gasteiger charge is 1.97. The molecule has 0 aromatic heterocycles. The topological polar surface area (TPSA) is 49.3 Å². The lowest BCUT2D eigenvalue weighted by Crippen LogP contribution is -2.17. The number of nitrogens with one attached hydrogen (secondary N) is 1. The highest BCUT2D eigenvalue weighted by Crippen LogP contribution is 2.14. The van der Waals surface area contributed by atoms with E-state index in [1.54, 1.807) is 0 Å². The minimum Gasteiger partial charge on any atom is -0.481 e. The molecule has 0 aromatic carbocycles. The lowest BCUT2D eigenvalue weighted by atomic mass is 10.0. The van der Waals surface area contributed by atoms with Gasteiger partial charge in [-0.1, -0.05) is 116 Å². The molecule has 0 saturated heterocycles. The van der Waals surface area contributed by atoms with Gasteiger partial charge < -0.3 is 10.4 Å². The van der Waals surface area contributed by atoms with Gasteiger partial charge >= 0.3 is 5.97 Å². The van der Waals surface area contributed by atoms with Gasteiger partial charge in [0.2, 0.25) is 0 Å². The molecule has 0 heterocycles. The number of hydrogen-bond acceptors (Lipinski definition) is 2. The van der Waals surface area contributed by atoms with E-state index in [9.17, 15) is 4.79 Å². The number of carboxylic acid groups (broad SMARTS) is 1. The van der Waals surface area contributed by atoms with Crippen LogP contribution >= 0.6 is 0 Å².